The molecule has 0 aliphatic rings. The molecule has 1 rings (SSSR count). The van der Waals surface area contributed by atoms with Crippen molar-refractivity contribution >= 4 is 11.9 Å². The second kappa shape index (κ2) is 8.27. The average molecular weight is 253 g/mol. The molecule has 0 aliphatic heterocycles. The fourth-order valence-electron chi connectivity index (χ4n) is 1.43. The molecule has 6 heteroatoms. The van der Waals surface area contributed by atoms with Crippen LogP contribution in [0.25, 0.3) is 0 Å². The molecule has 100 valence electrons. The SMILES string of the molecule is CCOC(=O)CCCNC(=O)CCn1cccn1. The number of rotatable bonds is 8. The lowest BCUT2D eigenvalue weighted by Crippen LogP contribution is -2.26. The van der Waals surface area contributed by atoms with Gasteiger partial charge in [-0.25, -0.2) is 0 Å². The number of ether oxygens (including phenoxy) is 1. The van der Waals surface area contributed by atoms with Crippen LogP contribution in [0.3, 0.4) is 0 Å². The van der Waals surface area contributed by atoms with Crippen molar-refractivity contribution in [1.82, 2.24) is 15.1 Å². The maximum absolute atomic E-state index is 11.4. The maximum Gasteiger partial charge on any atom is 0.305 e. The molecule has 0 spiro atoms. The number of amides is 1. The third-order valence-electron chi connectivity index (χ3n) is 2.31. The van der Waals surface area contributed by atoms with E-state index in [9.17, 15) is 9.59 Å². The van der Waals surface area contributed by atoms with E-state index in [0.717, 1.165) is 0 Å². The lowest BCUT2D eigenvalue weighted by atomic mass is 10.3. The lowest BCUT2D eigenvalue weighted by Gasteiger charge is -2.05. The van der Waals surface area contributed by atoms with Crippen LogP contribution in [0, 0.1) is 0 Å². The number of nitrogens with zero attached hydrogens (tertiary/aromatic N) is 2. The molecule has 1 heterocycles. The van der Waals surface area contributed by atoms with Gasteiger partial charge in [-0.2, -0.15) is 5.10 Å². The van der Waals surface area contributed by atoms with Crippen molar-refractivity contribution < 1.29 is 14.3 Å². The summed E-state index contributed by atoms with van der Waals surface area (Å²) < 4.78 is 6.49. The average Bonchev–Trinajstić information content (AvgIpc) is 2.85. The molecular weight excluding hydrogens is 234 g/mol. The van der Waals surface area contributed by atoms with Crippen molar-refractivity contribution in [3.05, 3.63) is 18.5 Å². The van der Waals surface area contributed by atoms with Crippen molar-refractivity contribution in [2.75, 3.05) is 13.2 Å². The van der Waals surface area contributed by atoms with Crippen molar-refractivity contribution in [1.29, 1.82) is 0 Å². The smallest absolute Gasteiger partial charge is 0.305 e. The third kappa shape index (κ3) is 6.03. The van der Waals surface area contributed by atoms with Crippen LogP contribution in [-0.2, 0) is 20.9 Å². The third-order valence-corrected chi connectivity index (χ3v) is 2.31. The van der Waals surface area contributed by atoms with Crippen molar-refractivity contribution in [2.24, 2.45) is 0 Å². The van der Waals surface area contributed by atoms with Crippen LogP contribution in [-0.4, -0.2) is 34.8 Å². The predicted molar refractivity (Wildman–Crippen MR) is 65.7 cm³/mol. The van der Waals surface area contributed by atoms with Crippen molar-refractivity contribution in [3.63, 3.8) is 0 Å². The van der Waals surface area contributed by atoms with Gasteiger partial charge in [0.1, 0.15) is 0 Å². The Bertz CT molecular complexity index is 363. The van der Waals surface area contributed by atoms with Crippen LogP contribution < -0.4 is 5.32 Å². The Morgan fingerprint density at radius 2 is 2.22 bits per heavy atom. The number of carbonyl (C=O) groups is 2. The summed E-state index contributed by atoms with van der Waals surface area (Å²) in [5.74, 6) is -0.252. The van der Waals surface area contributed by atoms with Gasteiger partial charge >= 0.3 is 5.97 Å². The first-order valence-corrected chi connectivity index (χ1v) is 6.12. The second-order valence-electron chi connectivity index (χ2n) is 3.78. The number of aryl methyl sites for hydroxylation is 1. The van der Waals surface area contributed by atoms with Gasteiger partial charge in [-0.05, 0) is 19.4 Å². The van der Waals surface area contributed by atoms with Crippen LogP contribution in [0.5, 0.6) is 0 Å². The zero-order valence-electron chi connectivity index (χ0n) is 10.6. The summed E-state index contributed by atoms with van der Waals surface area (Å²) in [7, 11) is 0. The molecule has 0 aromatic carbocycles. The zero-order chi connectivity index (χ0) is 13.2. The molecule has 1 aromatic heterocycles. The summed E-state index contributed by atoms with van der Waals surface area (Å²) in [4.78, 5) is 22.5. The number of esters is 1. The minimum atomic E-state index is -0.219. The normalized spacial score (nSPS) is 10.1. The van der Waals surface area contributed by atoms with Gasteiger partial charge in [-0.3, -0.25) is 14.3 Å². The summed E-state index contributed by atoms with van der Waals surface area (Å²) in [6.45, 7) is 3.23. The number of hydrogen-bond donors (Lipinski definition) is 1. The summed E-state index contributed by atoms with van der Waals surface area (Å²) in [6, 6.07) is 1.82. The van der Waals surface area contributed by atoms with Gasteiger partial charge in [0, 0.05) is 38.3 Å². The topological polar surface area (TPSA) is 73.2 Å². The van der Waals surface area contributed by atoms with Crippen LogP contribution in [0.15, 0.2) is 18.5 Å². The van der Waals surface area contributed by atoms with Crippen molar-refractivity contribution in [2.45, 2.75) is 32.7 Å². The highest BCUT2D eigenvalue weighted by atomic mass is 16.5. The first-order chi connectivity index (χ1) is 8.72. The van der Waals surface area contributed by atoms with E-state index < -0.39 is 0 Å². The van der Waals surface area contributed by atoms with Gasteiger partial charge in [-0.1, -0.05) is 0 Å². The molecular formula is C12H19N3O3. The van der Waals surface area contributed by atoms with Crippen LogP contribution in [0.2, 0.25) is 0 Å². The molecule has 0 fully saturated rings. The molecule has 18 heavy (non-hydrogen) atoms. The summed E-state index contributed by atoms with van der Waals surface area (Å²) in [5.41, 5.74) is 0. The molecule has 0 atom stereocenters. The molecule has 0 unspecified atom stereocenters. The summed E-state index contributed by atoms with van der Waals surface area (Å²) in [5, 5.41) is 6.76. The second-order valence-corrected chi connectivity index (χ2v) is 3.78. The lowest BCUT2D eigenvalue weighted by molar-refractivity contribution is -0.143. The zero-order valence-corrected chi connectivity index (χ0v) is 10.6. The van der Waals surface area contributed by atoms with E-state index in [1.165, 1.54) is 0 Å². The monoisotopic (exact) mass is 253 g/mol. The highest BCUT2D eigenvalue weighted by Gasteiger charge is 2.03. The molecule has 6 nitrogen and oxygen atoms in total. The fraction of sp³-hybridized carbons (Fsp3) is 0.583. The minimum absolute atomic E-state index is 0.0330. The number of hydrogen-bond acceptors (Lipinski definition) is 4. The minimum Gasteiger partial charge on any atom is -0.466 e. The van der Waals surface area contributed by atoms with Crippen LogP contribution >= 0.6 is 0 Å². The maximum atomic E-state index is 11.4. The van der Waals surface area contributed by atoms with E-state index in [0.29, 0.717) is 39.0 Å². The van der Waals surface area contributed by atoms with Gasteiger partial charge < -0.3 is 10.1 Å². The Hall–Kier alpha value is -1.85. The standard InChI is InChI=1S/C12H19N3O3/c1-2-18-12(17)5-3-7-13-11(16)6-10-15-9-4-8-14-15/h4,8-9H,2-3,5-7,10H2,1H3,(H,13,16). The highest BCUT2D eigenvalue weighted by molar-refractivity contribution is 5.75. The van der Waals surface area contributed by atoms with Gasteiger partial charge in [0.05, 0.1) is 6.61 Å². The molecule has 1 N–H and O–H groups in total. The Morgan fingerprint density at radius 1 is 1.39 bits per heavy atom. The van der Waals surface area contributed by atoms with E-state index in [1.807, 2.05) is 12.3 Å². The molecule has 0 aliphatic carbocycles. The number of carbonyl (C=O) groups excluding carboxylic acids is 2. The number of aromatic nitrogens is 2. The Labute approximate surface area is 106 Å². The van der Waals surface area contributed by atoms with Crippen molar-refractivity contribution in [3.8, 4) is 0 Å². The van der Waals surface area contributed by atoms with Crippen LogP contribution in [0.4, 0.5) is 0 Å². The van der Waals surface area contributed by atoms with E-state index in [-0.39, 0.29) is 11.9 Å². The fourth-order valence-corrected chi connectivity index (χ4v) is 1.43. The van der Waals surface area contributed by atoms with Gasteiger partial charge in [-0.15, -0.1) is 0 Å². The number of nitrogens with one attached hydrogen (secondary N) is 1. The molecule has 0 saturated heterocycles. The quantitative estimate of drug-likeness (QED) is 0.547. The summed E-state index contributed by atoms with van der Waals surface area (Å²) in [6.07, 6.45) is 4.83. The first kappa shape index (κ1) is 14.2. The van der Waals surface area contributed by atoms with Gasteiger partial charge in [0.25, 0.3) is 0 Å². The largest absolute Gasteiger partial charge is 0.466 e. The first-order valence-electron chi connectivity index (χ1n) is 6.12. The molecule has 0 bridgehead atoms. The van der Waals surface area contributed by atoms with E-state index >= 15 is 0 Å². The molecule has 1 amide bonds. The predicted octanol–water partition coefficient (Wildman–Crippen LogP) is 0.733. The van der Waals surface area contributed by atoms with Gasteiger partial charge in [0.15, 0.2) is 0 Å². The van der Waals surface area contributed by atoms with E-state index in [1.54, 1.807) is 17.8 Å². The van der Waals surface area contributed by atoms with E-state index in [4.69, 9.17) is 4.74 Å². The Morgan fingerprint density at radius 3 is 2.89 bits per heavy atom. The van der Waals surface area contributed by atoms with Crippen LogP contribution in [0.1, 0.15) is 26.2 Å². The molecule has 0 saturated carbocycles. The molecule has 0 radical (unpaired) electrons. The van der Waals surface area contributed by atoms with Gasteiger partial charge in [0.2, 0.25) is 5.91 Å². The Kier molecular flexibility index (Phi) is 6.53. The highest BCUT2D eigenvalue weighted by Crippen LogP contribution is 1.93. The molecule has 1 aromatic rings. The van der Waals surface area contributed by atoms with E-state index in [2.05, 4.69) is 10.4 Å². The summed E-state index contributed by atoms with van der Waals surface area (Å²) >= 11 is 0. The Balaban J connectivity index is 2.01.